The van der Waals surface area contributed by atoms with Crippen molar-refractivity contribution in [3.63, 3.8) is 0 Å². The number of fused-ring (bicyclic) bond motifs is 2. The largest absolute Gasteiger partial charge is 0.508 e. The first-order valence-corrected chi connectivity index (χ1v) is 7.15. The lowest BCUT2D eigenvalue weighted by molar-refractivity contribution is 0.452. The minimum absolute atomic E-state index is 0.0000758. The number of phenolic OH excluding ortho intramolecular Hbond substituents is 3. The van der Waals surface area contributed by atoms with Crippen molar-refractivity contribution in [2.24, 2.45) is 0 Å². The van der Waals surface area contributed by atoms with Crippen LogP contribution in [-0.2, 0) is 6.42 Å². The molecule has 0 saturated carbocycles. The van der Waals surface area contributed by atoms with Gasteiger partial charge < -0.3 is 19.7 Å². The number of phenols is 3. The molecule has 23 heavy (non-hydrogen) atoms. The Morgan fingerprint density at radius 2 is 1.78 bits per heavy atom. The van der Waals surface area contributed by atoms with Gasteiger partial charge in [0.1, 0.15) is 33.8 Å². The van der Waals surface area contributed by atoms with Gasteiger partial charge in [-0.05, 0) is 32.4 Å². The Balaban J connectivity index is 2.46. The van der Waals surface area contributed by atoms with Crippen molar-refractivity contribution in [1.29, 1.82) is 0 Å². The third-order valence-corrected chi connectivity index (χ3v) is 3.70. The molecule has 0 amide bonds. The summed E-state index contributed by atoms with van der Waals surface area (Å²) in [5, 5.41) is 29.9. The molecule has 5 nitrogen and oxygen atoms in total. The average molecular weight is 312 g/mol. The van der Waals surface area contributed by atoms with Crippen LogP contribution in [0.4, 0.5) is 0 Å². The summed E-state index contributed by atoms with van der Waals surface area (Å²) in [6.45, 7) is 3.85. The summed E-state index contributed by atoms with van der Waals surface area (Å²) in [5.74, 6) is -0.548. The number of allylic oxidation sites excluding steroid dienone is 2. The van der Waals surface area contributed by atoms with E-state index in [0.717, 1.165) is 11.6 Å². The molecule has 3 N–H and O–H groups in total. The minimum atomic E-state index is -0.438. The second kappa shape index (κ2) is 5.35. The molecule has 0 spiro atoms. The Hall–Kier alpha value is -2.95. The molecule has 5 heteroatoms. The lowest BCUT2D eigenvalue weighted by atomic mass is 10.0. The highest BCUT2D eigenvalue weighted by Gasteiger charge is 2.17. The first-order valence-electron chi connectivity index (χ1n) is 7.15. The van der Waals surface area contributed by atoms with E-state index in [-0.39, 0.29) is 33.6 Å². The van der Waals surface area contributed by atoms with Crippen LogP contribution in [0.2, 0.25) is 0 Å². The molecule has 0 aliphatic carbocycles. The zero-order valence-electron chi connectivity index (χ0n) is 12.8. The lowest BCUT2D eigenvalue weighted by Crippen LogP contribution is -2.05. The van der Waals surface area contributed by atoms with Crippen LogP contribution in [0.3, 0.4) is 0 Å². The van der Waals surface area contributed by atoms with Gasteiger partial charge in [-0.1, -0.05) is 11.6 Å². The van der Waals surface area contributed by atoms with Gasteiger partial charge in [-0.2, -0.15) is 0 Å². The number of aromatic hydroxyl groups is 3. The van der Waals surface area contributed by atoms with Crippen LogP contribution in [0.15, 0.2) is 45.1 Å². The normalized spacial score (nSPS) is 11.0. The topological polar surface area (TPSA) is 90.9 Å². The standard InChI is InChI=1S/C18H16O5/c1-9(2)3-4-11-12(20)5-6-14-16(11)18(22)17-13(21)7-10(19)8-15(17)23-14/h3,5-8,19-21H,4H2,1-2H3. The predicted molar refractivity (Wildman–Crippen MR) is 88.1 cm³/mol. The maximum absolute atomic E-state index is 12.8. The summed E-state index contributed by atoms with van der Waals surface area (Å²) in [6.07, 6.45) is 2.27. The molecule has 3 aromatic rings. The minimum Gasteiger partial charge on any atom is -0.508 e. The van der Waals surface area contributed by atoms with Crippen molar-refractivity contribution in [3.8, 4) is 17.2 Å². The first-order chi connectivity index (χ1) is 10.9. The SMILES string of the molecule is CC(C)=CCc1c(O)ccc2oc3cc(O)cc(O)c3c(=O)c12. The highest BCUT2D eigenvalue weighted by molar-refractivity contribution is 5.96. The van der Waals surface area contributed by atoms with Crippen LogP contribution in [0.25, 0.3) is 21.9 Å². The van der Waals surface area contributed by atoms with Crippen LogP contribution >= 0.6 is 0 Å². The Kier molecular flexibility index (Phi) is 3.48. The van der Waals surface area contributed by atoms with Crippen LogP contribution in [0.5, 0.6) is 17.2 Å². The van der Waals surface area contributed by atoms with Gasteiger partial charge in [0.15, 0.2) is 0 Å². The Morgan fingerprint density at radius 1 is 1.04 bits per heavy atom. The van der Waals surface area contributed by atoms with Gasteiger partial charge in [0.25, 0.3) is 0 Å². The molecule has 0 aliphatic heterocycles. The number of hydrogen-bond donors (Lipinski definition) is 3. The Morgan fingerprint density at radius 3 is 2.48 bits per heavy atom. The van der Waals surface area contributed by atoms with E-state index in [1.54, 1.807) is 0 Å². The fourth-order valence-electron chi connectivity index (χ4n) is 2.60. The highest BCUT2D eigenvalue weighted by Crippen LogP contribution is 2.33. The van der Waals surface area contributed by atoms with E-state index >= 15 is 0 Å². The second-order valence-electron chi connectivity index (χ2n) is 5.69. The molecule has 0 unspecified atom stereocenters. The van der Waals surface area contributed by atoms with Gasteiger partial charge in [-0.25, -0.2) is 0 Å². The van der Waals surface area contributed by atoms with Crippen molar-refractivity contribution in [3.05, 3.63) is 51.7 Å². The van der Waals surface area contributed by atoms with Crippen LogP contribution in [0, 0.1) is 0 Å². The van der Waals surface area contributed by atoms with E-state index in [4.69, 9.17) is 4.42 Å². The molecule has 0 aliphatic rings. The first kappa shape index (κ1) is 15.0. The van der Waals surface area contributed by atoms with Gasteiger partial charge in [0, 0.05) is 17.7 Å². The molecule has 1 aromatic heterocycles. The molecule has 0 radical (unpaired) electrons. The fraction of sp³-hybridized carbons (Fsp3) is 0.167. The second-order valence-corrected chi connectivity index (χ2v) is 5.69. The summed E-state index contributed by atoms with van der Waals surface area (Å²) in [7, 11) is 0. The third kappa shape index (κ3) is 2.50. The molecule has 0 bridgehead atoms. The van der Waals surface area contributed by atoms with Crippen molar-refractivity contribution < 1.29 is 19.7 Å². The fourth-order valence-corrected chi connectivity index (χ4v) is 2.60. The maximum atomic E-state index is 12.8. The zero-order valence-corrected chi connectivity index (χ0v) is 12.8. The molecule has 0 atom stereocenters. The molecule has 3 rings (SSSR count). The summed E-state index contributed by atoms with van der Waals surface area (Å²) in [4.78, 5) is 12.8. The van der Waals surface area contributed by atoms with Crippen molar-refractivity contribution in [2.45, 2.75) is 20.3 Å². The van der Waals surface area contributed by atoms with E-state index in [1.165, 1.54) is 18.2 Å². The van der Waals surface area contributed by atoms with E-state index in [1.807, 2.05) is 19.9 Å². The quantitative estimate of drug-likeness (QED) is 0.497. The molecule has 0 fully saturated rings. The monoisotopic (exact) mass is 312 g/mol. The summed E-state index contributed by atoms with van der Waals surface area (Å²) in [5.41, 5.74) is 1.46. The van der Waals surface area contributed by atoms with Gasteiger partial charge in [0.2, 0.25) is 5.43 Å². The maximum Gasteiger partial charge on any atom is 0.204 e. The lowest BCUT2D eigenvalue weighted by Gasteiger charge is -2.09. The van der Waals surface area contributed by atoms with Crippen molar-refractivity contribution >= 4 is 21.9 Å². The summed E-state index contributed by atoms with van der Waals surface area (Å²) >= 11 is 0. The third-order valence-electron chi connectivity index (χ3n) is 3.70. The van der Waals surface area contributed by atoms with E-state index < -0.39 is 5.43 Å². The summed E-state index contributed by atoms with van der Waals surface area (Å²) in [6, 6.07) is 5.33. The van der Waals surface area contributed by atoms with Crippen LogP contribution < -0.4 is 5.43 Å². The van der Waals surface area contributed by atoms with Gasteiger partial charge in [0.05, 0.1) is 5.39 Å². The molecule has 118 valence electrons. The molecule has 2 aromatic carbocycles. The van der Waals surface area contributed by atoms with Crippen LogP contribution in [-0.4, -0.2) is 15.3 Å². The number of rotatable bonds is 2. The van der Waals surface area contributed by atoms with Crippen molar-refractivity contribution in [2.75, 3.05) is 0 Å². The number of benzene rings is 2. The predicted octanol–water partition coefficient (Wildman–Crippen LogP) is 3.57. The Bertz CT molecular complexity index is 1010. The van der Waals surface area contributed by atoms with E-state index in [0.29, 0.717) is 17.6 Å². The smallest absolute Gasteiger partial charge is 0.204 e. The molecular formula is C18H16O5. The number of hydrogen-bond acceptors (Lipinski definition) is 5. The van der Waals surface area contributed by atoms with E-state index in [9.17, 15) is 20.1 Å². The van der Waals surface area contributed by atoms with Gasteiger partial charge in [-0.15, -0.1) is 0 Å². The van der Waals surface area contributed by atoms with E-state index in [2.05, 4.69) is 0 Å². The van der Waals surface area contributed by atoms with Gasteiger partial charge in [-0.3, -0.25) is 4.79 Å². The highest BCUT2D eigenvalue weighted by atomic mass is 16.3. The molecule has 1 heterocycles. The van der Waals surface area contributed by atoms with Gasteiger partial charge >= 0.3 is 0 Å². The molecular weight excluding hydrogens is 296 g/mol. The molecule has 0 saturated heterocycles. The summed E-state index contributed by atoms with van der Waals surface area (Å²) < 4.78 is 5.64. The Labute approximate surface area is 131 Å². The zero-order chi connectivity index (χ0) is 16.7. The average Bonchev–Trinajstić information content (AvgIpc) is 2.45. The van der Waals surface area contributed by atoms with Crippen LogP contribution in [0.1, 0.15) is 19.4 Å². The van der Waals surface area contributed by atoms with Crippen molar-refractivity contribution in [1.82, 2.24) is 0 Å².